The van der Waals surface area contributed by atoms with Crippen LogP contribution in [0.1, 0.15) is 12.0 Å². The Kier molecular flexibility index (Phi) is 9.27. The summed E-state index contributed by atoms with van der Waals surface area (Å²) in [4.78, 5) is 13.4. The molecule has 0 aliphatic rings. The summed E-state index contributed by atoms with van der Waals surface area (Å²) in [6.45, 7) is 3.04. The van der Waals surface area contributed by atoms with Gasteiger partial charge in [0, 0.05) is 33.1 Å². The minimum atomic E-state index is -3.52. The van der Waals surface area contributed by atoms with E-state index in [0.29, 0.717) is 19.5 Å². The van der Waals surface area contributed by atoms with Gasteiger partial charge in [-0.3, -0.25) is 4.79 Å². The van der Waals surface area contributed by atoms with Crippen LogP contribution < -0.4 is 10.0 Å². The van der Waals surface area contributed by atoms with Crippen LogP contribution in [-0.2, 0) is 14.8 Å². The van der Waals surface area contributed by atoms with Gasteiger partial charge in [0.25, 0.3) is 0 Å². The van der Waals surface area contributed by atoms with E-state index in [0.717, 1.165) is 5.56 Å². The molecule has 0 heterocycles. The van der Waals surface area contributed by atoms with Crippen LogP contribution in [-0.4, -0.2) is 53.0 Å². The van der Waals surface area contributed by atoms with Gasteiger partial charge >= 0.3 is 0 Å². The van der Waals surface area contributed by atoms with Crippen LogP contribution in [0.3, 0.4) is 0 Å². The third kappa shape index (κ3) is 6.74. The van der Waals surface area contributed by atoms with Gasteiger partial charge in [-0.05, 0) is 26.1 Å². The number of rotatable bonds is 8. The zero-order valence-corrected chi connectivity index (χ0v) is 14.8. The van der Waals surface area contributed by atoms with Crippen molar-refractivity contribution in [1.29, 1.82) is 0 Å². The second kappa shape index (κ2) is 9.78. The predicted octanol–water partition coefficient (Wildman–Crippen LogP) is 0.763. The first-order valence-electron chi connectivity index (χ1n) is 6.81. The third-order valence-electron chi connectivity index (χ3n) is 3.09. The van der Waals surface area contributed by atoms with Gasteiger partial charge in [-0.25, -0.2) is 13.1 Å². The standard InChI is InChI=1S/C14H23N3O3S.ClH/c1-12-4-6-13(7-5-12)21(19,20)16-10-11-17(3)14(18)8-9-15-2;/h4-7,15-16H,8-11H2,1-3H3;1H. The molecule has 8 heteroatoms. The number of aryl methyl sites for hydroxylation is 1. The Morgan fingerprint density at radius 3 is 2.32 bits per heavy atom. The average Bonchev–Trinajstić information content (AvgIpc) is 2.44. The van der Waals surface area contributed by atoms with Gasteiger partial charge < -0.3 is 10.2 Å². The Morgan fingerprint density at radius 1 is 1.18 bits per heavy atom. The van der Waals surface area contributed by atoms with Gasteiger partial charge in [0.15, 0.2) is 0 Å². The van der Waals surface area contributed by atoms with E-state index >= 15 is 0 Å². The molecule has 0 radical (unpaired) electrons. The number of nitrogens with one attached hydrogen (secondary N) is 2. The highest BCUT2D eigenvalue weighted by Gasteiger charge is 2.14. The first-order valence-corrected chi connectivity index (χ1v) is 8.30. The molecule has 0 aliphatic carbocycles. The van der Waals surface area contributed by atoms with Crippen molar-refractivity contribution < 1.29 is 13.2 Å². The van der Waals surface area contributed by atoms with E-state index in [2.05, 4.69) is 10.0 Å². The van der Waals surface area contributed by atoms with E-state index in [1.54, 1.807) is 38.4 Å². The summed E-state index contributed by atoms with van der Waals surface area (Å²) in [5.74, 6) is -0.0149. The van der Waals surface area contributed by atoms with Crippen LogP contribution in [0.25, 0.3) is 0 Å². The number of amides is 1. The van der Waals surface area contributed by atoms with E-state index in [1.807, 2.05) is 6.92 Å². The van der Waals surface area contributed by atoms with E-state index in [1.165, 1.54) is 4.90 Å². The van der Waals surface area contributed by atoms with Crippen molar-refractivity contribution in [2.75, 3.05) is 33.7 Å². The highest BCUT2D eigenvalue weighted by atomic mass is 35.5. The Balaban J connectivity index is 0.00000441. The first-order chi connectivity index (χ1) is 9.86. The van der Waals surface area contributed by atoms with Crippen molar-refractivity contribution in [1.82, 2.24) is 14.9 Å². The second-order valence-electron chi connectivity index (χ2n) is 4.88. The zero-order chi connectivity index (χ0) is 15.9. The van der Waals surface area contributed by atoms with Crippen molar-refractivity contribution >= 4 is 28.3 Å². The van der Waals surface area contributed by atoms with Crippen molar-refractivity contribution in [3.05, 3.63) is 29.8 Å². The second-order valence-corrected chi connectivity index (χ2v) is 6.65. The lowest BCUT2D eigenvalue weighted by Crippen LogP contribution is -2.36. The molecular formula is C14H24ClN3O3S. The minimum absolute atomic E-state index is 0. The molecule has 0 aliphatic heterocycles. The molecule has 1 aromatic rings. The molecule has 0 aromatic heterocycles. The van der Waals surface area contributed by atoms with Crippen LogP contribution >= 0.6 is 12.4 Å². The van der Waals surface area contributed by atoms with Crippen molar-refractivity contribution in [2.45, 2.75) is 18.2 Å². The van der Waals surface area contributed by atoms with Gasteiger partial charge in [0.2, 0.25) is 15.9 Å². The zero-order valence-electron chi connectivity index (χ0n) is 13.1. The fourth-order valence-electron chi connectivity index (χ4n) is 1.70. The van der Waals surface area contributed by atoms with Crippen LogP contribution in [0, 0.1) is 6.92 Å². The highest BCUT2D eigenvalue weighted by molar-refractivity contribution is 7.89. The van der Waals surface area contributed by atoms with Gasteiger partial charge in [0.1, 0.15) is 0 Å². The molecule has 0 saturated carbocycles. The minimum Gasteiger partial charge on any atom is -0.344 e. The summed E-state index contributed by atoms with van der Waals surface area (Å²) in [5, 5.41) is 2.90. The molecule has 0 unspecified atom stereocenters. The summed E-state index contributed by atoms with van der Waals surface area (Å²) >= 11 is 0. The monoisotopic (exact) mass is 349 g/mol. The molecule has 0 bridgehead atoms. The molecule has 2 N–H and O–H groups in total. The molecule has 1 aromatic carbocycles. The largest absolute Gasteiger partial charge is 0.344 e. The number of carbonyl (C=O) groups excluding carboxylic acids is 1. The SMILES string of the molecule is CNCCC(=O)N(C)CCNS(=O)(=O)c1ccc(C)cc1.Cl. The molecule has 0 spiro atoms. The molecule has 126 valence electrons. The normalized spacial score (nSPS) is 10.9. The predicted molar refractivity (Wildman–Crippen MR) is 89.8 cm³/mol. The van der Waals surface area contributed by atoms with Crippen molar-refractivity contribution in [2.24, 2.45) is 0 Å². The topological polar surface area (TPSA) is 78.5 Å². The first kappa shape index (κ1) is 20.9. The Morgan fingerprint density at radius 2 is 1.77 bits per heavy atom. The molecular weight excluding hydrogens is 326 g/mol. The average molecular weight is 350 g/mol. The van der Waals surface area contributed by atoms with Crippen LogP contribution in [0.15, 0.2) is 29.2 Å². The number of nitrogens with zero attached hydrogens (tertiary/aromatic N) is 1. The maximum Gasteiger partial charge on any atom is 0.240 e. The smallest absolute Gasteiger partial charge is 0.240 e. The maximum atomic E-state index is 12.0. The molecule has 22 heavy (non-hydrogen) atoms. The Labute approximate surface area is 138 Å². The lowest BCUT2D eigenvalue weighted by atomic mass is 10.2. The summed E-state index contributed by atoms with van der Waals surface area (Å²) in [5.41, 5.74) is 1.00. The Hall–Kier alpha value is -1.15. The summed E-state index contributed by atoms with van der Waals surface area (Å²) in [6.07, 6.45) is 0.401. The lowest BCUT2D eigenvalue weighted by Gasteiger charge is -2.17. The maximum absolute atomic E-state index is 12.0. The molecule has 6 nitrogen and oxygen atoms in total. The van der Waals surface area contributed by atoms with Gasteiger partial charge in [-0.1, -0.05) is 17.7 Å². The van der Waals surface area contributed by atoms with Crippen molar-refractivity contribution in [3.63, 3.8) is 0 Å². The molecule has 1 rings (SSSR count). The highest BCUT2D eigenvalue weighted by Crippen LogP contribution is 2.09. The number of hydrogen-bond donors (Lipinski definition) is 2. The molecule has 0 atom stereocenters. The summed E-state index contributed by atoms with van der Waals surface area (Å²) in [6, 6.07) is 6.64. The number of benzene rings is 1. The van der Waals surface area contributed by atoms with E-state index in [-0.39, 0.29) is 29.8 Å². The summed E-state index contributed by atoms with van der Waals surface area (Å²) in [7, 11) is -0.0701. The van der Waals surface area contributed by atoms with Crippen LogP contribution in [0.2, 0.25) is 0 Å². The van der Waals surface area contributed by atoms with E-state index < -0.39 is 10.0 Å². The molecule has 1 amide bonds. The van der Waals surface area contributed by atoms with Crippen LogP contribution in [0.5, 0.6) is 0 Å². The number of carbonyl (C=O) groups is 1. The quantitative estimate of drug-likeness (QED) is 0.726. The lowest BCUT2D eigenvalue weighted by molar-refractivity contribution is -0.129. The van der Waals surface area contributed by atoms with Crippen molar-refractivity contribution in [3.8, 4) is 0 Å². The summed E-state index contributed by atoms with van der Waals surface area (Å²) < 4.78 is 26.6. The number of hydrogen-bond acceptors (Lipinski definition) is 4. The molecule has 0 saturated heterocycles. The number of likely N-dealkylation sites (N-methyl/N-ethyl adjacent to an activating group) is 1. The Bertz CT molecular complexity index is 561. The molecule has 0 fully saturated rings. The van der Waals surface area contributed by atoms with Gasteiger partial charge in [-0.15, -0.1) is 12.4 Å². The fourth-order valence-corrected chi connectivity index (χ4v) is 2.72. The van der Waals surface area contributed by atoms with E-state index in [4.69, 9.17) is 0 Å². The number of sulfonamides is 1. The fraction of sp³-hybridized carbons (Fsp3) is 0.500. The number of halogens is 1. The van der Waals surface area contributed by atoms with Crippen LogP contribution in [0.4, 0.5) is 0 Å². The van der Waals surface area contributed by atoms with Gasteiger partial charge in [-0.2, -0.15) is 0 Å². The van der Waals surface area contributed by atoms with Gasteiger partial charge in [0.05, 0.1) is 4.90 Å². The third-order valence-corrected chi connectivity index (χ3v) is 4.56. The van der Waals surface area contributed by atoms with E-state index in [9.17, 15) is 13.2 Å².